The molecule has 1 aliphatic heterocycles. The Bertz CT molecular complexity index is 741. The number of urea groups is 1. The molecule has 0 atom stereocenters. The Morgan fingerprint density at radius 3 is 2.31 bits per heavy atom. The second-order valence-corrected chi connectivity index (χ2v) is 6.95. The van der Waals surface area contributed by atoms with Gasteiger partial charge in [-0.15, -0.1) is 0 Å². The van der Waals surface area contributed by atoms with E-state index in [0.29, 0.717) is 23.8 Å². The molecule has 1 N–H and O–H groups in total. The highest BCUT2D eigenvalue weighted by atomic mass is 35.5. The van der Waals surface area contributed by atoms with Gasteiger partial charge in [-0.3, -0.25) is 0 Å². The van der Waals surface area contributed by atoms with Gasteiger partial charge in [-0.2, -0.15) is 0 Å². The minimum atomic E-state index is -0.113. The van der Waals surface area contributed by atoms with Gasteiger partial charge in [0.2, 0.25) is 0 Å². The first-order valence-corrected chi connectivity index (χ1v) is 9.23. The first-order valence-electron chi connectivity index (χ1n) is 8.85. The predicted molar refractivity (Wildman–Crippen MR) is 106 cm³/mol. The lowest BCUT2D eigenvalue weighted by Crippen LogP contribution is -2.50. The van der Waals surface area contributed by atoms with E-state index in [0.717, 1.165) is 24.5 Å². The van der Waals surface area contributed by atoms with Gasteiger partial charge in [0.05, 0.1) is 16.8 Å². The summed E-state index contributed by atoms with van der Waals surface area (Å²) in [6, 6.07) is 15.3. The highest BCUT2D eigenvalue weighted by molar-refractivity contribution is 6.33. The summed E-state index contributed by atoms with van der Waals surface area (Å²) in [5.41, 5.74) is 1.79. The number of nitrogens with one attached hydrogen (secondary N) is 1. The van der Waals surface area contributed by atoms with Gasteiger partial charge in [-0.1, -0.05) is 23.7 Å². The summed E-state index contributed by atoms with van der Waals surface area (Å²) in [4.78, 5) is 16.5. The summed E-state index contributed by atoms with van der Waals surface area (Å²) in [5, 5.41) is 3.42. The molecule has 0 saturated carbocycles. The number of carbonyl (C=O) groups is 1. The summed E-state index contributed by atoms with van der Waals surface area (Å²) in [5.74, 6) is 0.876. The van der Waals surface area contributed by atoms with Gasteiger partial charge < -0.3 is 19.9 Å². The zero-order valence-corrected chi connectivity index (χ0v) is 15.9. The fourth-order valence-corrected chi connectivity index (χ4v) is 3.12. The summed E-state index contributed by atoms with van der Waals surface area (Å²) in [6.45, 7) is 6.95. The van der Waals surface area contributed by atoms with Crippen molar-refractivity contribution in [3.8, 4) is 5.75 Å². The molecule has 2 amide bonds. The first kappa shape index (κ1) is 18.4. The van der Waals surface area contributed by atoms with Gasteiger partial charge >= 0.3 is 6.03 Å². The molecule has 1 heterocycles. The second-order valence-electron chi connectivity index (χ2n) is 6.54. The third-order valence-corrected chi connectivity index (χ3v) is 4.59. The van der Waals surface area contributed by atoms with Crippen LogP contribution in [0.5, 0.6) is 5.75 Å². The molecule has 0 aromatic heterocycles. The lowest BCUT2D eigenvalue weighted by atomic mass is 10.2. The molecule has 1 saturated heterocycles. The standard InChI is InChI=1S/C20H24ClN3O2/c1-15(2)26-17-9-7-16(8-10-17)23-11-13-24(14-12-23)20(25)22-19-6-4-3-5-18(19)21/h3-10,15H,11-14H2,1-2H3,(H,22,25). The third-order valence-electron chi connectivity index (χ3n) is 4.26. The highest BCUT2D eigenvalue weighted by Crippen LogP contribution is 2.23. The van der Waals surface area contributed by atoms with Crippen molar-refractivity contribution < 1.29 is 9.53 Å². The van der Waals surface area contributed by atoms with Crippen molar-refractivity contribution in [2.45, 2.75) is 20.0 Å². The van der Waals surface area contributed by atoms with Crippen LogP contribution < -0.4 is 15.0 Å². The van der Waals surface area contributed by atoms with Crippen molar-refractivity contribution in [3.63, 3.8) is 0 Å². The number of para-hydroxylation sites is 1. The number of carbonyl (C=O) groups excluding carboxylic acids is 1. The van der Waals surface area contributed by atoms with Gasteiger partial charge in [-0.25, -0.2) is 4.79 Å². The van der Waals surface area contributed by atoms with Crippen LogP contribution in [0.2, 0.25) is 5.02 Å². The Morgan fingerprint density at radius 2 is 1.69 bits per heavy atom. The van der Waals surface area contributed by atoms with E-state index in [1.165, 1.54) is 0 Å². The van der Waals surface area contributed by atoms with Crippen molar-refractivity contribution in [3.05, 3.63) is 53.6 Å². The van der Waals surface area contributed by atoms with Gasteiger partial charge in [0.25, 0.3) is 0 Å². The largest absolute Gasteiger partial charge is 0.491 e. The van der Waals surface area contributed by atoms with Crippen LogP contribution in [-0.4, -0.2) is 43.2 Å². The molecule has 138 valence electrons. The lowest BCUT2D eigenvalue weighted by molar-refractivity contribution is 0.208. The van der Waals surface area contributed by atoms with Gasteiger partial charge in [-0.05, 0) is 50.2 Å². The molecule has 26 heavy (non-hydrogen) atoms. The highest BCUT2D eigenvalue weighted by Gasteiger charge is 2.21. The maximum atomic E-state index is 12.4. The smallest absolute Gasteiger partial charge is 0.322 e. The average molecular weight is 374 g/mol. The Kier molecular flexibility index (Phi) is 5.89. The number of piperazine rings is 1. The van der Waals surface area contributed by atoms with Crippen LogP contribution in [0, 0.1) is 0 Å². The average Bonchev–Trinajstić information content (AvgIpc) is 2.64. The van der Waals surface area contributed by atoms with Crippen LogP contribution in [-0.2, 0) is 0 Å². The van der Waals surface area contributed by atoms with E-state index in [-0.39, 0.29) is 12.1 Å². The summed E-state index contributed by atoms with van der Waals surface area (Å²) in [7, 11) is 0. The van der Waals surface area contributed by atoms with E-state index in [4.69, 9.17) is 16.3 Å². The molecule has 1 fully saturated rings. The van der Waals surface area contributed by atoms with Crippen molar-refractivity contribution in [1.29, 1.82) is 0 Å². The summed E-state index contributed by atoms with van der Waals surface area (Å²) in [6.07, 6.45) is 0.168. The minimum absolute atomic E-state index is 0.113. The fraction of sp³-hybridized carbons (Fsp3) is 0.350. The molecule has 0 spiro atoms. The van der Waals surface area contributed by atoms with Crippen molar-refractivity contribution >= 4 is 29.0 Å². The number of benzene rings is 2. The van der Waals surface area contributed by atoms with Crippen LogP contribution in [0.1, 0.15) is 13.8 Å². The quantitative estimate of drug-likeness (QED) is 0.859. The number of nitrogens with zero attached hydrogens (tertiary/aromatic N) is 2. The SMILES string of the molecule is CC(C)Oc1ccc(N2CCN(C(=O)Nc3ccccc3Cl)CC2)cc1. The van der Waals surface area contributed by atoms with Crippen LogP contribution in [0.15, 0.2) is 48.5 Å². The van der Waals surface area contributed by atoms with E-state index in [9.17, 15) is 4.79 Å². The molecule has 5 nitrogen and oxygen atoms in total. The molecular weight excluding hydrogens is 350 g/mol. The Hall–Kier alpha value is -2.40. The number of halogens is 1. The zero-order chi connectivity index (χ0) is 18.5. The van der Waals surface area contributed by atoms with Crippen LogP contribution in [0.4, 0.5) is 16.2 Å². The fourth-order valence-electron chi connectivity index (χ4n) is 2.93. The first-order chi connectivity index (χ1) is 12.5. The molecule has 3 rings (SSSR count). The van der Waals surface area contributed by atoms with E-state index in [1.54, 1.807) is 12.1 Å². The lowest BCUT2D eigenvalue weighted by Gasteiger charge is -2.36. The summed E-state index contributed by atoms with van der Waals surface area (Å²) >= 11 is 6.10. The Balaban J connectivity index is 1.54. The zero-order valence-electron chi connectivity index (χ0n) is 15.1. The number of rotatable bonds is 4. The number of ether oxygens (including phenoxy) is 1. The molecule has 0 bridgehead atoms. The van der Waals surface area contributed by atoms with Crippen molar-refractivity contribution in [1.82, 2.24) is 4.90 Å². The van der Waals surface area contributed by atoms with Crippen molar-refractivity contribution in [2.75, 3.05) is 36.4 Å². The Morgan fingerprint density at radius 1 is 1.04 bits per heavy atom. The minimum Gasteiger partial charge on any atom is -0.491 e. The van der Waals surface area contributed by atoms with Crippen LogP contribution in [0.25, 0.3) is 0 Å². The summed E-state index contributed by atoms with van der Waals surface area (Å²) < 4.78 is 5.68. The molecule has 6 heteroatoms. The second kappa shape index (κ2) is 8.32. The number of anilines is 2. The number of amides is 2. The molecule has 0 aliphatic carbocycles. The predicted octanol–water partition coefficient (Wildman–Crippen LogP) is 4.48. The monoisotopic (exact) mass is 373 g/mol. The third kappa shape index (κ3) is 4.61. The normalized spacial score (nSPS) is 14.5. The maximum Gasteiger partial charge on any atom is 0.322 e. The number of hydrogen-bond donors (Lipinski definition) is 1. The molecule has 0 unspecified atom stereocenters. The van der Waals surface area contributed by atoms with Crippen molar-refractivity contribution in [2.24, 2.45) is 0 Å². The Labute approximate surface area is 159 Å². The van der Waals surface area contributed by atoms with Gasteiger partial charge in [0.1, 0.15) is 5.75 Å². The molecular formula is C20H24ClN3O2. The molecule has 2 aromatic carbocycles. The molecule has 2 aromatic rings. The van der Waals surface area contributed by atoms with Crippen LogP contribution >= 0.6 is 11.6 Å². The molecule has 0 radical (unpaired) electrons. The maximum absolute atomic E-state index is 12.4. The van der Waals surface area contributed by atoms with E-state index in [2.05, 4.69) is 22.3 Å². The number of hydrogen-bond acceptors (Lipinski definition) is 3. The van der Waals surface area contributed by atoms with E-state index < -0.39 is 0 Å². The topological polar surface area (TPSA) is 44.8 Å². The van der Waals surface area contributed by atoms with Gasteiger partial charge in [0, 0.05) is 31.9 Å². The van der Waals surface area contributed by atoms with E-state index in [1.807, 2.05) is 43.0 Å². The van der Waals surface area contributed by atoms with E-state index >= 15 is 0 Å². The van der Waals surface area contributed by atoms with Crippen LogP contribution in [0.3, 0.4) is 0 Å². The van der Waals surface area contributed by atoms with Gasteiger partial charge in [0.15, 0.2) is 0 Å². The molecule has 1 aliphatic rings.